The predicted molar refractivity (Wildman–Crippen MR) is 125 cm³/mol. The number of rotatable bonds is 8. The quantitative estimate of drug-likeness (QED) is 0.123. The molecule has 0 fully saturated rings. The zero-order valence-corrected chi connectivity index (χ0v) is 21.1. The van der Waals surface area contributed by atoms with Crippen LogP contribution >= 0.6 is 18.9 Å². The van der Waals surface area contributed by atoms with Crippen LogP contribution in [0.1, 0.15) is 15.2 Å². The van der Waals surface area contributed by atoms with Crippen molar-refractivity contribution in [2.45, 2.75) is 11.8 Å². The van der Waals surface area contributed by atoms with E-state index in [1.54, 1.807) is 4.72 Å². The van der Waals surface area contributed by atoms with Gasteiger partial charge < -0.3 is 24.4 Å². The number of ether oxygens (including phenoxy) is 2. The molecule has 5 N–H and O–H groups in total. The van der Waals surface area contributed by atoms with Gasteiger partial charge in [-0.3, -0.25) is 14.7 Å². The van der Waals surface area contributed by atoms with Crippen molar-refractivity contribution >= 4 is 98.3 Å². The number of hydrogen-bond acceptors (Lipinski definition) is 12. The first-order valence-electron chi connectivity index (χ1n) is 8.96. The standard InChI is InChI=1S/C12H14N4O7S2.C3H8NO5P.K.H/c1-6-8(7(5-24-6)9(17)22-3)25(20,21)14-10(18)16-12(19)15(2)11(13-16)23-4;5-3(6)1-4-2-10(7,8)9;;/h5H,1-4H3,(H,14,18);4H,1-2H2,(H,5,6)(H2,7,8,9);;. The molecule has 0 radical (unpaired) electrons. The third-order valence-corrected chi connectivity index (χ3v) is 6.91. The van der Waals surface area contributed by atoms with E-state index in [4.69, 9.17) is 19.6 Å². The summed E-state index contributed by atoms with van der Waals surface area (Å²) >= 11 is 0.998. The molecule has 2 rings (SSSR count). The molecule has 0 unspecified atom stereocenters. The van der Waals surface area contributed by atoms with E-state index >= 15 is 0 Å². The van der Waals surface area contributed by atoms with Crippen molar-refractivity contribution in [2.24, 2.45) is 7.05 Å². The maximum absolute atomic E-state index is 12.5. The molecule has 0 aliphatic carbocycles. The number of aliphatic carboxylic acids is 1. The van der Waals surface area contributed by atoms with Crippen LogP contribution in [-0.4, -0.2) is 134 Å². The Bertz CT molecular complexity index is 1310. The Labute approximate surface area is 250 Å². The van der Waals surface area contributed by atoms with Gasteiger partial charge in [-0.1, -0.05) is 0 Å². The molecule has 0 aliphatic rings. The normalized spacial score (nSPS) is 10.9. The minimum atomic E-state index is -4.45. The number of sulfonamides is 1. The van der Waals surface area contributed by atoms with Gasteiger partial charge in [0, 0.05) is 17.3 Å². The van der Waals surface area contributed by atoms with Gasteiger partial charge in [0.15, 0.2) is 0 Å². The average molecular weight is 600 g/mol. The number of carboxylic acid groups (broad SMARTS) is 1. The van der Waals surface area contributed by atoms with Crippen LogP contribution in [0.2, 0.25) is 0 Å². The number of carbonyl (C=O) groups excluding carboxylic acids is 2. The molecule has 1 amide bonds. The van der Waals surface area contributed by atoms with Crippen molar-refractivity contribution in [1.82, 2.24) is 24.4 Å². The fourth-order valence-electron chi connectivity index (χ4n) is 2.28. The summed E-state index contributed by atoms with van der Waals surface area (Å²) in [5, 5.41) is 14.9. The van der Waals surface area contributed by atoms with E-state index in [0.717, 1.165) is 23.0 Å². The fraction of sp³-hybridized carbons (Fsp3) is 0.400. The molecule has 17 nitrogen and oxygen atoms in total. The van der Waals surface area contributed by atoms with E-state index in [9.17, 15) is 32.2 Å². The Kier molecular flexibility index (Phi) is 13.9. The molecular formula is C15H23KN5O12PS2. The third-order valence-electron chi connectivity index (χ3n) is 3.72. The SMILES string of the molecule is COC(=O)c1csc(C)c1S(=O)(=O)NC(=O)n1nc(OC)n(C)c1=O.O=C(O)CNCP(=O)(O)O.[KH]. The number of aryl methyl sites for hydroxylation is 1. The molecule has 0 bridgehead atoms. The minimum absolute atomic E-state index is 0. The number of carboxylic acids is 1. The Morgan fingerprint density at radius 2 is 1.83 bits per heavy atom. The van der Waals surface area contributed by atoms with Crippen LogP contribution < -0.4 is 20.5 Å². The number of aromatic nitrogens is 3. The number of amides is 1. The van der Waals surface area contributed by atoms with E-state index in [-0.39, 0.29) is 67.8 Å². The van der Waals surface area contributed by atoms with Gasteiger partial charge in [0.25, 0.3) is 10.0 Å². The van der Waals surface area contributed by atoms with Gasteiger partial charge in [-0.05, 0) is 6.92 Å². The molecule has 36 heavy (non-hydrogen) atoms. The second kappa shape index (κ2) is 14.5. The summed E-state index contributed by atoms with van der Waals surface area (Å²) in [7, 11) is -4.91. The van der Waals surface area contributed by atoms with Crippen LogP contribution in [0.25, 0.3) is 0 Å². The zero-order chi connectivity index (χ0) is 27.1. The first-order chi connectivity index (χ1) is 16.1. The van der Waals surface area contributed by atoms with Gasteiger partial charge in [0.1, 0.15) is 4.90 Å². The van der Waals surface area contributed by atoms with E-state index in [0.29, 0.717) is 4.68 Å². The monoisotopic (exact) mass is 599 g/mol. The van der Waals surface area contributed by atoms with Crippen molar-refractivity contribution in [3.05, 3.63) is 26.3 Å². The molecule has 0 saturated carbocycles. The molecule has 198 valence electrons. The van der Waals surface area contributed by atoms with E-state index in [1.165, 1.54) is 26.5 Å². The van der Waals surface area contributed by atoms with Crippen molar-refractivity contribution in [3.8, 4) is 6.01 Å². The molecule has 0 aliphatic heterocycles. The van der Waals surface area contributed by atoms with Crippen LogP contribution in [0.15, 0.2) is 15.1 Å². The van der Waals surface area contributed by atoms with Crippen LogP contribution in [0.5, 0.6) is 6.01 Å². The summed E-state index contributed by atoms with van der Waals surface area (Å²) in [4.78, 5) is 61.8. The molecule has 0 atom stereocenters. The van der Waals surface area contributed by atoms with E-state index in [2.05, 4.69) is 15.2 Å². The summed E-state index contributed by atoms with van der Waals surface area (Å²) in [5.41, 5.74) is -1.11. The van der Waals surface area contributed by atoms with E-state index < -0.39 is 59.0 Å². The van der Waals surface area contributed by atoms with Gasteiger partial charge in [-0.15, -0.1) is 21.1 Å². The van der Waals surface area contributed by atoms with Gasteiger partial charge in [0.2, 0.25) is 0 Å². The Morgan fingerprint density at radius 1 is 1.25 bits per heavy atom. The molecule has 2 heterocycles. The Hall–Kier alpha value is -1.45. The van der Waals surface area contributed by atoms with Crippen LogP contribution in [-0.2, 0) is 31.2 Å². The summed E-state index contributed by atoms with van der Waals surface area (Å²) in [6.45, 7) is 1.03. The number of esters is 1. The van der Waals surface area contributed by atoms with Gasteiger partial charge in [-0.25, -0.2) is 32.1 Å². The predicted octanol–water partition coefficient (Wildman–Crippen LogP) is -2.16. The molecule has 2 aromatic rings. The molecule has 21 heteroatoms. The maximum atomic E-state index is 12.5. The number of nitrogens with zero attached hydrogens (tertiary/aromatic N) is 3. The summed E-state index contributed by atoms with van der Waals surface area (Å²) in [5.74, 6) is -2.01. The summed E-state index contributed by atoms with van der Waals surface area (Å²) in [6.07, 6.45) is -0.598. The molecular weight excluding hydrogens is 576 g/mol. The molecule has 2 aromatic heterocycles. The van der Waals surface area contributed by atoms with Crippen molar-refractivity contribution in [3.63, 3.8) is 0 Å². The third kappa shape index (κ3) is 9.78. The van der Waals surface area contributed by atoms with Gasteiger partial charge >= 0.3 is 88.7 Å². The summed E-state index contributed by atoms with van der Waals surface area (Å²) in [6, 6.07) is -1.50. The topological polar surface area (TPSA) is 245 Å². The molecule has 0 aromatic carbocycles. The fourth-order valence-corrected chi connectivity index (χ4v) is 5.18. The number of hydrogen-bond donors (Lipinski definition) is 5. The Balaban J connectivity index is 0.000000948. The second-order valence-corrected chi connectivity index (χ2v) is 10.7. The van der Waals surface area contributed by atoms with Crippen molar-refractivity contribution < 1.29 is 51.7 Å². The van der Waals surface area contributed by atoms with Crippen LogP contribution in [0.4, 0.5) is 4.79 Å². The summed E-state index contributed by atoms with van der Waals surface area (Å²) < 4.78 is 47.3. The van der Waals surface area contributed by atoms with E-state index in [1.807, 2.05) is 0 Å². The van der Waals surface area contributed by atoms with Crippen molar-refractivity contribution in [1.29, 1.82) is 0 Å². The number of thiophene rings is 1. The average Bonchev–Trinajstić information content (AvgIpc) is 3.27. The zero-order valence-electron chi connectivity index (χ0n) is 18.6. The van der Waals surface area contributed by atoms with Crippen molar-refractivity contribution in [2.75, 3.05) is 27.1 Å². The first kappa shape index (κ1) is 34.5. The number of methoxy groups -OCH3 is 2. The van der Waals surface area contributed by atoms with Gasteiger partial charge in [-0.2, -0.15) is 0 Å². The Morgan fingerprint density at radius 3 is 2.28 bits per heavy atom. The van der Waals surface area contributed by atoms with Crippen LogP contribution in [0.3, 0.4) is 0 Å². The molecule has 0 saturated heterocycles. The second-order valence-electron chi connectivity index (χ2n) is 6.32. The van der Waals surface area contributed by atoms with Gasteiger partial charge in [0.05, 0.1) is 32.6 Å². The van der Waals surface area contributed by atoms with Crippen LogP contribution in [0, 0.1) is 6.92 Å². The number of nitrogens with one attached hydrogen (secondary N) is 2. The first-order valence-corrected chi connectivity index (χ1v) is 13.1. The number of carbonyl (C=O) groups is 3. The molecule has 0 spiro atoms.